The Morgan fingerprint density at radius 1 is 1.23 bits per heavy atom. The number of aromatic amines is 1. The van der Waals surface area contributed by atoms with Gasteiger partial charge in [-0.1, -0.05) is 30.3 Å². The van der Waals surface area contributed by atoms with Crippen molar-refractivity contribution in [2.45, 2.75) is 32.4 Å². The molecule has 1 unspecified atom stereocenters. The molecule has 2 N–H and O–H groups in total. The standard InChI is InChI=1S/C19H26N6O/c1-19(2,3)25-16-14(11-21-25)17(26)23-18(22-16)20-12-15(24(4)5)13-9-7-6-8-10-13/h6-11,15H,12H2,1-5H3,(H2,20,22,23,26). The van der Waals surface area contributed by atoms with E-state index in [0.29, 0.717) is 23.5 Å². The molecule has 2 aromatic heterocycles. The minimum atomic E-state index is -0.254. The number of aromatic nitrogens is 4. The first-order valence-electron chi connectivity index (χ1n) is 8.71. The van der Waals surface area contributed by atoms with Crippen LogP contribution in [0.1, 0.15) is 32.4 Å². The average molecular weight is 354 g/mol. The molecule has 0 spiro atoms. The topological polar surface area (TPSA) is 78.8 Å². The number of H-pyrrole nitrogens is 1. The van der Waals surface area contributed by atoms with Gasteiger partial charge in [-0.15, -0.1) is 0 Å². The van der Waals surface area contributed by atoms with Crippen molar-refractivity contribution in [2.75, 3.05) is 26.0 Å². The maximum atomic E-state index is 12.4. The summed E-state index contributed by atoms with van der Waals surface area (Å²) in [6, 6.07) is 10.4. The minimum Gasteiger partial charge on any atom is -0.354 e. The van der Waals surface area contributed by atoms with Crippen LogP contribution in [0.4, 0.5) is 5.95 Å². The van der Waals surface area contributed by atoms with E-state index in [2.05, 4.69) is 37.4 Å². The van der Waals surface area contributed by atoms with E-state index in [1.807, 2.05) is 53.1 Å². The third-order valence-corrected chi connectivity index (χ3v) is 4.34. The smallest absolute Gasteiger partial charge is 0.263 e. The molecular formula is C19H26N6O. The number of anilines is 1. The van der Waals surface area contributed by atoms with Crippen LogP contribution in [-0.4, -0.2) is 45.3 Å². The second kappa shape index (κ2) is 6.92. The molecule has 0 radical (unpaired) electrons. The highest BCUT2D eigenvalue weighted by Gasteiger charge is 2.20. The van der Waals surface area contributed by atoms with Crippen LogP contribution in [0, 0.1) is 0 Å². The molecule has 7 nitrogen and oxygen atoms in total. The maximum Gasteiger partial charge on any atom is 0.263 e. The lowest BCUT2D eigenvalue weighted by molar-refractivity contribution is 0.311. The van der Waals surface area contributed by atoms with Gasteiger partial charge in [0.1, 0.15) is 5.39 Å². The van der Waals surface area contributed by atoms with E-state index in [1.54, 1.807) is 10.9 Å². The van der Waals surface area contributed by atoms with Crippen molar-refractivity contribution in [3.05, 3.63) is 52.4 Å². The normalized spacial score (nSPS) is 13.3. The first-order valence-corrected chi connectivity index (χ1v) is 8.71. The zero-order chi connectivity index (χ0) is 18.9. The zero-order valence-electron chi connectivity index (χ0n) is 15.9. The SMILES string of the molecule is CN(C)C(CNc1nc2c(cnn2C(C)(C)C)c(=O)[nH]1)c1ccccc1. The summed E-state index contributed by atoms with van der Waals surface area (Å²) in [5.41, 5.74) is 1.35. The number of nitrogens with one attached hydrogen (secondary N) is 2. The lowest BCUT2D eigenvalue weighted by Gasteiger charge is -2.25. The van der Waals surface area contributed by atoms with Crippen LogP contribution in [0.15, 0.2) is 41.3 Å². The predicted molar refractivity (Wildman–Crippen MR) is 105 cm³/mol. The lowest BCUT2D eigenvalue weighted by Crippen LogP contribution is -2.28. The molecule has 0 aliphatic rings. The van der Waals surface area contributed by atoms with Gasteiger partial charge in [-0.2, -0.15) is 10.1 Å². The van der Waals surface area contributed by atoms with Crippen molar-refractivity contribution in [2.24, 2.45) is 0 Å². The van der Waals surface area contributed by atoms with Gasteiger partial charge < -0.3 is 10.2 Å². The Kier molecular flexibility index (Phi) is 4.82. The van der Waals surface area contributed by atoms with Gasteiger partial charge in [0.15, 0.2) is 5.65 Å². The van der Waals surface area contributed by atoms with Crippen molar-refractivity contribution < 1.29 is 0 Å². The fourth-order valence-corrected chi connectivity index (χ4v) is 2.96. The van der Waals surface area contributed by atoms with Gasteiger partial charge in [0.25, 0.3) is 5.56 Å². The van der Waals surface area contributed by atoms with Crippen molar-refractivity contribution in [1.29, 1.82) is 0 Å². The Labute approximate surface area is 153 Å². The fraction of sp³-hybridized carbons (Fsp3) is 0.421. The Morgan fingerprint density at radius 2 is 1.92 bits per heavy atom. The quantitative estimate of drug-likeness (QED) is 0.736. The van der Waals surface area contributed by atoms with Crippen LogP contribution >= 0.6 is 0 Å². The average Bonchev–Trinajstić information content (AvgIpc) is 3.00. The van der Waals surface area contributed by atoms with E-state index in [1.165, 1.54) is 5.56 Å². The molecule has 0 amide bonds. The van der Waals surface area contributed by atoms with E-state index in [-0.39, 0.29) is 17.1 Å². The molecule has 1 aromatic carbocycles. The number of benzene rings is 1. The van der Waals surface area contributed by atoms with Crippen LogP contribution in [0.3, 0.4) is 0 Å². The molecule has 0 aliphatic carbocycles. The molecule has 2 heterocycles. The molecule has 0 fully saturated rings. The summed E-state index contributed by atoms with van der Waals surface area (Å²) in [7, 11) is 4.07. The van der Waals surface area contributed by atoms with Crippen LogP contribution < -0.4 is 10.9 Å². The molecule has 0 saturated heterocycles. The van der Waals surface area contributed by atoms with Gasteiger partial charge >= 0.3 is 0 Å². The van der Waals surface area contributed by atoms with Gasteiger partial charge in [0.2, 0.25) is 5.95 Å². The third kappa shape index (κ3) is 3.62. The summed E-state index contributed by atoms with van der Waals surface area (Å²) >= 11 is 0. The fourth-order valence-electron chi connectivity index (χ4n) is 2.96. The first kappa shape index (κ1) is 18.1. The third-order valence-electron chi connectivity index (χ3n) is 4.34. The summed E-state index contributed by atoms with van der Waals surface area (Å²) in [5.74, 6) is 0.455. The Hall–Kier alpha value is -2.67. The Bertz CT molecular complexity index is 936. The van der Waals surface area contributed by atoms with Crippen LogP contribution in [-0.2, 0) is 5.54 Å². The number of hydrogen-bond acceptors (Lipinski definition) is 5. The molecule has 3 aromatic rings. The van der Waals surface area contributed by atoms with E-state index in [9.17, 15) is 4.79 Å². The first-order chi connectivity index (χ1) is 12.3. The number of nitrogens with zero attached hydrogens (tertiary/aromatic N) is 4. The number of likely N-dealkylation sites (N-methyl/N-ethyl adjacent to an activating group) is 1. The highest BCUT2D eigenvalue weighted by Crippen LogP contribution is 2.20. The lowest BCUT2D eigenvalue weighted by atomic mass is 10.1. The second-order valence-electron chi connectivity index (χ2n) is 7.65. The van der Waals surface area contributed by atoms with Crippen molar-refractivity contribution in [1.82, 2.24) is 24.6 Å². The molecule has 1 atom stereocenters. The molecule has 138 valence electrons. The van der Waals surface area contributed by atoms with Crippen molar-refractivity contribution in [3.8, 4) is 0 Å². The van der Waals surface area contributed by atoms with Crippen molar-refractivity contribution >= 4 is 17.0 Å². The van der Waals surface area contributed by atoms with E-state index in [4.69, 9.17) is 0 Å². The largest absolute Gasteiger partial charge is 0.354 e. The monoisotopic (exact) mass is 354 g/mol. The molecule has 0 aliphatic heterocycles. The summed E-state index contributed by atoms with van der Waals surface area (Å²) in [6.07, 6.45) is 1.57. The summed E-state index contributed by atoms with van der Waals surface area (Å²) in [5, 5.41) is 8.11. The van der Waals surface area contributed by atoms with Crippen LogP contribution in [0.2, 0.25) is 0 Å². The second-order valence-corrected chi connectivity index (χ2v) is 7.65. The molecule has 0 saturated carbocycles. The summed E-state index contributed by atoms with van der Waals surface area (Å²) in [4.78, 5) is 21.9. The molecule has 0 bridgehead atoms. The van der Waals surface area contributed by atoms with E-state index < -0.39 is 0 Å². The number of hydrogen-bond donors (Lipinski definition) is 2. The number of rotatable bonds is 5. The van der Waals surface area contributed by atoms with Gasteiger partial charge in [0.05, 0.1) is 17.8 Å². The highest BCUT2D eigenvalue weighted by molar-refractivity contribution is 5.74. The molecule has 26 heavy (non-hydrogen) atoms. The Morgan fingerprint density at radius 3 is 2.54 bits per heavy atom. The minimum absolute atomic E-state index is 0.157. The molecule has 7 heteroatoms. The molecule has 3 rings (SSSR count). The van der Waals surface area contributed by atoms with Crippen molar-refractivity contribution in [3.63, 3.8) is 0 Å². The zero-order valence-corrected chi connectivity index (χ0v) is 15.9. The predicted octanol–water partition coefficient (Wildman–Crippen LogP) is 2.59. The van der Waals surface area contributed by atoms with Gasteiger partial charge in [-0.25, -0.2) is 4.68 Å². The van der Waals surface area contributed by atoms with E-state index in [0.717, 1.165) is 0 Å². The molecular weight excluding hydrogens is 328 g/mol. The Balaban J connectivity index is 1.90. The maximum absolute atomic E-state index is 12.4. The number of fused-ring (bicyclic) bond motifs is 1. The van der Waals surface area contributed by atoms with Crippen LogP contribution in [0.25, 0.3) is 11.0 Å². The van der Waals surface area contributed by atoms with Gasteiger partial charge in [-0.3, -0.25) is 9.78 Å². The van der Waals surface area contributed by atoms with Crippen LogP contribution in [0.5, 0.6) is 0 Å². The highest BCUT2D eigenvalue weighted by atomic mass is 16.1. The summed E-state index contributed by atoms with van der Waals surface area (Å²) < 4.78 is 1.78. The van der Waals surface area contributed by atoms with Gasteiger partial charge in [0, 0.05) is 6.54 Å². The van der Waals surface area contributed by atoms with E-state index >= 15 is 0 Å². The van der Waals surface area contributed by atoms with Gasteiger partial charge in [-0.05, 0) is 40.4 Å². The summed E-state index contributed by atoms with van der Waals surface area (Å²) in [6.45, 7) is 6.72.